The normalized spacial score (nSPS) is 32.6. The summed E-state index contributed by atoms with van der Waals surface area (Å²) in [6.07, 6.45) is 8.57. The van der Waals surface area contributed by atoms with Crippen LogP contribution in [0.1, 0.15) is 58.3 Å². The fraction of sp³-hybridized carbons (Fsp3) is 0.882. The Balaban J connectivity index is 1.70. The molecular formula is C17H28N2O2. The molecule has 3 unspecified atom stereocenters. The van der Waals surface area contributed by atoms with Gasteiger partial charge in [0.25, 0.3) is 0 Å². The van der Waals surface area contributed by atoms with Gasteiger partial charge in [-0.15, -0.1) is 0 Å². The van der Waals surface area contributed by atoms with Gasteiger partial charge < -0.3 is 4.90 Å². The Morgan fingerprint density at radius 1 is 1.05 bits per heavy atom. The molecule has 0 aromatic rings. The summed E-state index contributed by atoms with van der Waals surface area (Å²) in [5.41, 5.74) is 0. The van der Waals surface area contributed by atoms with Crippen LogP contribution in [0.2, 0.25) is 0 Å². The molecule has 1 saturated carbocycles. The van der Waals surface area contributed by atoms with E-state index >= 15 is 0 Å². The molecule has 0 aromatic carbocycles. The van der Waals surface area contributed by atoms with E-state index in [0.29, 0.717) is 11.8 Å². The minimum Gasteiger partial charge on any atom is -0.341 e. The number of carbonyl (C=O) groups is 2. The van der Waals surface area contributed by atoms with Gasteiger partial charge in [0.05, 0.1) is 6.04 Å². The number of carbonyl (C=O) groups excluding carboxylic acids is 2. The molecule has 1 amide bonds. The first-order chi connectivity index (χ1) is 10.2. The van der Waals surface area contributed by atoms with Gasteiger partial charge in [-0.1, -0.05) is 6.42 Å². The smallest absolute Gasteiger partial charge is 0.239 e. The molecule has 3 atom stereocenters. The third-order valence-electron chi connectivity index (χ3n) is 5.68. The van der Waals surface area contributed by atoms with Crippen LogP contribution in [0.25, 0.3) is 0 Å². The summed E-state index contributed by atoms with van der Waals surface area (Å²) in [6, 6.07) is 0.261. The molecule has 0 aromatic heterocycles. The van der Waals surface area contributed by atoms with Crippen LogP contribution in [0.3, 0.4) is 0 Å². The molecule has 3 rings (SSSR count). The van der Waals surface area contributed by atoms with Crippen LogP contribution in [0, 0.1) is 5.92 Å². The van der Waals surface area contributed by atoms with Crippen molar-refractivity contribution in [3.05, 3.63) is 0 Å². The molecule has 4 heteroatoms. The van der Waals surface area contributed by atoms with E-state index in [1.165, 1.54) is 6.42 Å². The van der Waals surface area contributed by atoms with E-state index in [1.54, 1.807) is 0 Å². The van der Waals surface area contributed by atoms with E-state index in [0.717, 1.165) is 64.6 Å². The molecule has 118 valence electrons. The number of ketones is 1. The molecule has 0 spiro atoms. The van der Waals surface area contributed by atoms with Gasteiger partial charge in [0.2, 0.25) is 5.91 Å². The highest BCUT2D eigenvalue weighted by Crippen LogP contribution is 2.34. The molecule has 0 bridgehead atoms. The van der Waals surface area contributed by atoms with Crippen molar-refractivity contribution >= 4 is 11.7 Å². The average molecular weight is 292 g/mol. The van der Waals surface area contributed by atoms with Crippen LogP contribution >= 0.6 is 0 Å². The Bertz CT molecular complexity index is 404. The SMILES string of the molecule is CC(C(=O)N1CCCC1)N1CCCCC1C1CCCC1=O. The van der Waals surface area contributed by atoms with E-state index in [9.17, 15) is 9.59 Å². The van der Waals surface area contributed by atoms with Crippen LogP contribution in [-0.4, -0.2) is 53.2 Å². The number of Topliss-reactive ketones (excluding diaryl/α,β-unsaturated/α-hetero) is 1. The quantitative estimate of drug-likeness (QED) is 0.801. The maximum Gasteiger partial charge on any atom is 0.239 e. The van der Waals surface area contributed by atoms with Crippen LogP contribution in [0.15, 0.2) is 0 Å². The molecule has 0 radical (unpaired) electrons. The van der Waals surface area contributed by atoms with Crippen molar-refractivity contribution in [3.8, 4) is 0 Å². The number of rotatable bonds is 3. The zero-order valence-corrected chi connectivity index (χ0v) is 13.2. The van der Waals surface area contributed by atoms with Gasteiger partial charge in [-0.25, -0.2) is 0 Å². The highest BCUT2D eigenvalue weighted by atomic mass is 16.2. The van der Waals surface area contributed by atoms with Crippen molar-refractivity contribution in [2.45, 2.75) is 70.4 Å². The molecule has 3 fully saturated rings. The Labute approximate surface area is 127 Å². The predicted octanol–water partition coefficient (Wildman–Crippen LogP) is 2.22. The fourth-order valence-corrected chi connectivity index (χ4v) is 4.49. The Kier molecular flexibility index (Phi) is 4.63. The topological polar surface area (TPSA) is 40.6 Å². The molecule has 3 aliphatic rings. The van der Waals surface area contributed by atoms with Crippen molar-refractivity contribution in [2.75, 3.05) is 19.6 Å². The molecule has 21 heavy (non-hydrogen) atoms. The maximum atomic E-state index is 12.7. The number of hydrogen-bond acceptors (Lipinski definition) is 3. The lowest BCUT2D eigenvalue weighted by atomic mass is 9.87. The second kappa shape index (κ2) is 6.47. The van der Waals surface area contributed by atoms with Gasteiger partial charge in [0, 0.05) is 31.5 Å². The third kappa shape index (κ3) is 3.01. The summed E-state index contributed by atoms with van der Waals surface area (Å²) in [4.78, 5) is 29.2. The number of likely N-dealkylation sites (tertiary alicyclic amines) is 2. The molecule has 1 aliphatic carbocycles. The van der Waals surface area contributed by atoms with E-state index in [2.05, 4.69) is 11.8 Å². The van der Waals surface area contributed by atoms with E-state index in [-0.39, 0.29) is 17.9 Å². The Morgan fingerprint density at radius 2 is 1.76 bits per heavy atom. The first kappa shape index (κ1) is 15.0. The molecule has 0 N–H and O–H groups in total. The Morgan fingerprint density at radius 3 is 2.43 bits per heavy atom. The molecule has 2 saturated heterocycles. The summed E-state index contributed by atoms with van der Waals surface area (Å²) in [5, 5.41) is 0. The van der Waals surface area contributed by atoms with Crippen LogP contribution in [-0.2, 0) is 9.59 Å². The number of hydrogen-bond donors (Lipinski definition) is 0. The lowest BCUT2D eigenvalue weighted by molar-refractivity contribution is -0.139. The van der Waals surface area contributed by atoms with Gasteiger partial charge >= 0.3 is 0 Å². The monoisotopic (exact) mass is 292 g/mol. The lowest BCUT2D eigenvalue weighted by Gasteiger charge is -2.42. The second-order valence-corrected chi connectivity index (χ2v) is 6.97. The zero-order chi connectivity index (χ0) is 14.8. The van der Waals surface area contributed by atoms with Gasteiger partial charge in [-0.05, 0) is 52.0 Å². The third-order valence-corrected chi connectivity index (χ3v) is 5.68. The van der Waals surface area contributed by atoms with Crippen molar-refractivity contribution in [1.29, 1.82) is 0 Å². The summed E-state index contributed by atoms with van der Waals surface area (Å²) < 4.78 is 0. The number of nitrogens with zero attached hydrogens (tertiary/aromatic N) is 2. The number of piperidine rings is 1. The largest absolute Gasteiger partial charge is 0.341 e. The first-order valence-electron chi connectivity index (χ1n) is 8.76. The molecule has 2 aliphatic heterocycles. The summed E-state index contributed by atoms with van der Waals surface area (Å²) in [5.74, 6) is 0.914. The van der Waals surface area contributed by atoms with Crippen LogP contribution < -0.4 is 0 Å². The van der Waals surface area contributed by atoms with Crippen LogP contribution in [0.5, 0.6) is 0 Å². The maximum absolute atomic E-state index is 12.7. The summed E-state index contributed by atoms with van der Waals surface area (Å²) >= 11 is 0. The average Bonchev–Trinajstić information content (AvgIpc) is 3.17. The van der Waals surface area contributed by atoms with Crippen LogP contribution in [0.4, 0.5) is 0 Å². The van der Waals surface area contributed by atoms with Crippen molar-refractivity contribution in [3.63, 3.8) is 0 Å². The van der Waals surface area contributed by atoms with Gasteiger partial charge in [0.1, 0.15) is 5.78 Å². The summed E-state index contributed by atoms with van der Waals surface area (Å²) in [7, 11) is 0. The second-order valence-electron chi connectivity index (χ2n) is 6.97. The molecule has 2 heterocycles. The highest BCUT2D eigenvalue weighted by Gasteiger charge is 2.40. The Hall–Kier alpha value is -0.900. The predicted molar refractivity (Wildman–Crippen MR) is 82.0 cm³/mol. The van der Waals surface area contributed by atoms with Crippen molar-refractivity contribution < 1.29 is 9.59 Å². The highest BCUT2D eigenvalue weighted by molar-refractivity contribution is 5.84. The molecular weight excluding hydrogens is 264 g/mol. The summed E-state index contributed by atoms with van der Waals surface area (Å²) in [6.45, 7) is 4.88. The fourth-order valence-electron chi connectivity index (χ4n) is 4.49. The van der Waals surface area contributed by atoms with Gasteiger partial charge in [0.15, 0.2) is 0 Å². The lowest BCUT2D eigenvalue weighted by Crippen LogP contribution is -2.55. The molecule has 4 nitrogen and oxygen atoms in total. The zero-order valence-electron chi connectivity index (χ0n) is 13.2. The minimum absolute atomic E-state index is 0.0539. The van der Waals surface area contributed by atoms with Gasteiger partial charge in [-0.3, -0.25) is 14.5 Å². The van der Waals surface area contributed by atoms with E-state index in [4.69, 9.17) is 0 Å². The van der Waals surface area contributed by atoms with E-state index in [1.807, 2.05) is 4.90 Å². The number of amides is 1. The van der Waals surface area contributed by atoms with Gasteiger partial charge in [-0.2, -0.15) is 0 Å². The van der Waals surface area contributed by atoms with Crippen molar-refractivity contribution in [2.24, 2.45) is 5.92 Å². The van der Waals surface area contributed by atoms with Crippen molar-refractivity contribution in [1.82, 2.24) is 9.80 Å². The standard InChI is InChI=1S/C17H28N2O2/c1-13(17(21)18-10-4-5-11-18)19-12-3-2-8-15(19)14-7-6-9-16(14)20/h13-15H,2-12H2,1H3. The minimum atomic E-state index is -0.0539. The van der Waals surface area contributed by atoms with E-state index < -0.39 is 0 Å². The first-order valence-corrected chi connectivity index (χ1v) is 8.76.